The van der Waals surface area contributed by atoms with E-state index in [1.165, 1.54) is 5.56 Å². The summed E-state index contributed by atoms with van der Waals surface area (Å²) in [7, 11) is -3.93. The van der Waals surface area contributed by atoms with Crippen molar-refractivity contribution < 1.29 is 14.3 Å². The Balaban J connectivity index is 3.14. The molecule has 0 fully saturated rings. The van der Waals surface area contributed by atoms with E-state index in [-0.39, 0.29) is 10.8 Å². The zero-order valence-corrected chi connectivity index (χ0v) is 19.1. The van der Waals surface area contributed by atoms with Crippen molar-refractivity contribution in [3.63, 3.8) is 0 Å². The van der Waals surface area contributed by atoms with E-state index in [1.807, 2.05) is 12.1 Å². The first-order valence-electron chi connectivity index (χ1n) is 10.1. The van der Waals surface area contributed by atoms with Gasteiger partial charge < -0.3 is 0 Å². The Morgan fingerprint density at radius 1 is 1.00 bits per heavy atom. The van der Waals surface area contributed by atoms with Crippen molar-refractivity contribution in [2.45, 2.75) is 91.9 Å². The fourth-order valence-corrected chi connectivity index (χ4v) is 4.85. The van der Waals surface area contributed by atoms with Crippen molar-refractivity contribution in [3.8, 4) is 0 Å². The summed E-state index contributed by atoms with van der Waals surface area (Å²) < 4.78 is 5.78. The zero-order valence-electron chi connectivity index (χ0n) is 18.1. The average Bonchev–Trinajstić information content (AvgIpc) is 2.53. The number of rotatable bonds is 8. The minimum absolute atomic E-state index is 0.0158. The van der Waals surface area contributed by atoms with Crippen LogP contribution in [0.1, 0.15) is 92.2 Å². The molecule has 0 aromatic heterocycles. The van der Waals surface area contributed by atoms with Crippen LogP contribution < -0.4 is 5.30 Å². The van der Waals surface area contributed by atoms with Gasteiger partial charge in [0, 0.05) is 0 Å². The van der Waals surface area contributed by atoms with Crippen molar-refractivity contribution in [2.75, 3.05) is 6.61 Å². The van der Waals surface area contributed by atoms with Crippen molar-refractivity contribution in [3.05, 3.63) is 29.3 Å². The summed E-state index contributed by atoms with van der Waals surface area (Å²) in [5.41, 5.74) is 2.01. The third kappa shape index (κ3) is 6.60. The van der Waals surface area contributed by atoms with Gasteiger partial charge in [-0.05, 0) is 0 Å². The van der Waals surface area contributed by atoms with Gasteiger partial charge in [-0.15, -0.1) is 0 Å². The van der Waals surface area contributed by atoms with Gasteiger partial charge in [0.2, 0.25) is 0 Å². The van der Waals surface area contributed by atoms with Gasteiger partial charge in [-0.2, -0.15) is 0 Å². The fraction of sp³-hybridized carbons (Fsp3) is 0.727. The first-order valence-corrected chi connectivity index (χ1v) is 11.9. The summed E-state index contributed by atoms with van der Waals surface area (Å²) in [6.07, 6.45) is 4.38. The molecule has 0 saturated heterocycles. The Kier molecular flexibility index (Phi) is 8.29. The van der Waals surface area contributed by atoms with E-state index in [0.717, 1.165) is 31.2 Å². The van der Waals surface area contributed by atoms with Gasteiger partial charge in [0.25, 0.3) is 0 Å². The molecule has 26 heavy (non-hydrogen) atoms. The van der Waals surface area contributed by atoms with E-state index in [4.69, 9.17) is 4.52 Å². The molecule has 1 rings (SSSR count). The van der Waals surface area contributed by atoms with Gasteiger partial charge in [-0.1, -0.05) is 0 Å². The first kappa shape index (κ1) is 23.6. The predicted molar refractivity (Wildman–Crippen MR) is 115 cm³/mol. The Morgan fingerprint density at radius 3 is 2.08 bits per heavy atom. The Morgan fingerprint density at radius 2 is 1.62 bits per heavy atom. The second-order valence-electron chi connectivity index (χ2n) is 9.60. The summed E-state index contributed by atoms with van der Waals surface area (Å²) in [4.78, 5) is 21.7. The van der Waals surface area contributed by atoms with Crippen LogP contribution in [0.3, 0.4) is 0 Å². The second kappa shape index (κ2) is 9.15. The third-order valence-electron chi connectivity index (χ3n) is 5.11. The molecule has 4 heteroatoms. The number of benzene rings is 1. The molecule has 0 amide bonds. The standard InChI is InChI=1S/C22H41O3P/c1-9-11-12-17(10-2)16-25-26(23,24)20-14-13-18(21(3,4)5)15-19(20)22(6,7)8/h13-15,17,23-24,26H,9-12,16H2,1-8H3. The second-order valence-corrected chi connectivity index (χ2v) is 11.6. The topological polar surface area (TPSA) is 49.7 Å². The van der Waals surface area contributed by atoms with E-state index in [0.29, 0.717) is 17.8 Å². The Hall–Kier alpha value is -0.470. The molecule has 0 aliphatic heterocycles. The van der Waals surface area contributed by atoms with E-state index in [1.54, 1.807) is 0 Å². The Bertz CT molecular complexity index is 568. The van der Waals surface area contributed by atoms with E-state index in [2.05, 4.69) is 61.5 Å². The molecule has 0 aliphatic rings. The monoisotopic (exact) mass is 384 g/mol. The summed E-state index contributed by atoms with van der Waals surface area (Å²) in [5.74, 6) is 0.382. The molecule has 0 heterocycles. The van der Waals surface area contributed by atoms with Crippen LogP contribution in [0, 0.1) is 5.92 Å². The van der Waals surface area contributed by atoms with Crippen molar-refractivity contribution in [1.29, 1.82) is 0 Å². The molecule has 2 N–H and O–H groups in total. The van der Waals surface area contributed by atoms with Gasteiger partial charge in [0.15, 0.2) is 0 Å². The molecule has 0 aliphatic carbocycles. The quantitative estimate of drug-likeness (QED) is 0.572. The van der Waals surface area contributed by atoms with Crippen molar-refractivity contribution in [1.82, 2.24) is 0 Å². The predicted octanol–water partition coefficient (Wildman–Crippen LogP) is 5.62. The molecule has 0 radical (unpaired) electrons. The molecule has 1 unspecified atom stereocenters. The summed E-state index contributed by atoms with van der Waals surface area (Å²) >= 11 is 0. The van der Waals surface area contributed by atoms with Gasteiger partial charge in [0.1, 0.15) is 0 Å². The van der Waals surface area contributed by atoms with Crippen LogP contribution in [0.2, 0.25) is 0 Å². The normalized spacial score (nSPS) is 15.2. The average molecular weight is 385 g/mol. The maximum absolute atomic E-state index is 10.9. The fourth-order valence-electron chi connectivity index (χ4n) is 3.13. The van der Waals surface area contributed by atoms with Crippen LogP contribution in [0.25, 0.3) is 0 Å². The van der Waals surface area contributed by atoms with E-state index in [9.17, 15) is 9.79 Å². The molecule has 0 saturated carbocycles. The molecule has 1 aromatic rings. The molecule has 152 valence electrons. The van der Waals surface area contributed by atoms with Crippen LogP contribution in [0.5, 0.6) is 0 Å². The molecular formula is C22H41O3P. The minimum atomic E-state index is -3.93. The first-order chi connectivity index (χ1) is 11.8. The molecule has 1 aromatic carbocycles. The summed E-state index contributed by atoms with van der Waals surface area (Å²) in [6, 6.07) is 6.01. The maximum atomic E-state index is 10.9. The molecule has 0 bridgehead atoms. The van der Waals surface area contributed by atoms with Gasteiger partial charge in [-0.25, -0.2) is 0 Å². The van der Waals surface area contributed by atoms with Crippen LogP contribution in [0.15, 0.2) is 18.2 Å². The summed E-state index contributed by atoms with van der Waals surface area (Å²) in [5, 5.41) is 0.586. The van der Waals surface area contributed by atoms with Crippen molar-refractivity contribution >= 4 is 13.2 Å². The van der Waals surface area contributed by atoms with Crippen LogP contribution in [-0.4, -0.2) is 16.4 Å². The van der Waals surface area contributed by atoms with Crippen molar-refractivity contribution in [2.24, 2.45) is 5.92 Å². The third-order valence-corrected chi connectivity index (χ3v) is 6.81. The van der Waals surface area contributed by atoms with Crippen LogP contribution in [0.4, 0.5) is 0 Å². The van der Waals surface area contributed by atoms with Gasteiger partial charge >= 0.3 is 161 Å². The molecule has 1 atom stereocenters. The summed E-state index contributed by atoms with van der Waals surface area (Å²) in [6.45, 7) is 17.6. The molecule has 0 spiro atoms. The van der Waals surface area contributed by atoms with E-state index < -0.39 is 7.94 Å². The molecular weight excluding hydrogens is 343 g/mol. The van der Waals surface area contributed by atoms with Crippen LogP contribution in [-0.2, 0) is 15.4 Å². The number of unbranched alkanes of at least 4 members (excludes halogenated alkanes) is 1. The van der Waals surface area contributed by atoms with Gasteiger partial charge in [0.05, 0.1) is 0 Å². The Labute approximate surface area is 161 Å². The van der Waals surface area contributed by atoms with E-state index >= 15 is 0 Å². The SMILES string of the molecule is CCCCC(CC)CO[PH](O)(O)c1ccc(C(C)(C)C)cc1C(C)(C)C. The number of hydrogen-bond acceptors (Lipinski definition) is 3. The zero-order chi connectivity index (χ0) is 20.2. The van der Waals surface area contributed by atoms with Crippen LogP contribution >= 0.6 is 7.94 Å². The number of hydrogen-bond donors (Lipinski definition) is 2. The molecule has 3 nitrogen and oxygen atoms in total. The van der Waals surface area contributed by atoms with Gasteiger partial charge in [-0.3, -0.25) is 0 Å².